The Kier molecular flexibility index (Phi) is 5.77. The molecule has 0 radical (unpaired) electrons. The molecule has 3 nitrogen and oxygen atoms in total. The van der Waals surface area contributed by atoms with Crippen molar-refractivity contribution in [1.29, 1.82) is 0 Å². The van der Waals surface area contributed by atoms with Crippen molar-refractivity contribution in [2.24, 2.45) is 0 Å². The molecule has 0 saturated heterocycles. The molecule has 17 heavy (non-hydrogen) atoms. The summed E-state index contributed by atoms with van der Waals surface area (Å²) in [4.78, 5) is 23.2. The highest BCUT2D eigenvalue weighted by atomic mass is 32.2. The first-order valence-corrected chi connectivity index (χ1v) is 6.47. The predicted molar refractivity (Wildman–Crippen MR) is 68.4 cm³/mol. The number of carbonyl (C=O) groups is 2. The summed E-state index contributed by atoms with van der Waals surface area (Å²) in [6.45, 7) is 4.13. The highest BCUT2D eigenvalue weighted by Crippen LogP contribution is 2.26. The zero-order chi connectivity index (χ0) is 12.7. The number of benzene rings is 1. The average Bonchev–Trinajstić information content (AvgIpc) is 2.36. The first-order valence-electron chi connectivity index (χ1n) is 5.59. The van der Waals surface area contributed by atoms with Gasteiger partial charge in [-0.3, -0.25) is 9.59 Å². The lowest BCUT2D eigenvalue weighted by atomic mass is 10.2. The maximum absolute atomic E-state index is 11.6. The highest BCUT2D eigenvalue weighted by molar-refractivity contribution is 8.00. The highest BCUT2D eigenvalue weighted by Gasteiger charge is 2.18. The second kappa shape index (κ2) is 7.12. The van der Waals surface area contributed by atoms with Gasteiger partial charge in [-0.1, -0.05) is 19.1 Å². The molecule has 0 fully saturated rings. The molecule has 0 amide bonds. The van der Waals surface area contributed by atoms with E-state index in [0.717, 1.165) is 11.2 Å². The van der Waals surface area contributed by atoms with Crippen molar-refractivity contribution in [1.82, 2.24) is 0 Å². The van der Waals surface area contributed by atoms with E-state index < -0.39 is 0 Å². The molecule has 1 unspecified atom stereocenters. The van der Waals surface area contributed by atoms with Gasteiger partial charge in [0.2, 0.25) is 0 Å². The van der Waals surface area contributed by atoms with Crippen molar-refractivity contribution in [2.75, 3.05) is 6.61 Å². The number of hydrogen-bond acceptors (Lipinski definition) is 4. The Morgan fingerprint density at radius 3 is 2.82 bits per heavy atom. The van der Waals surface area contributed by atoms with E-state index in [4.69, 9.17) is 4.74 Å². The van der Waals surface area contributed by atoms with Crippen LogP contribution in [0, 0.1) is 0 Å². The van der Waals surface area contributed by atoms with Gasteiger partial charge < -0.3 is 4.74 Å². The summed E-state index contributed by atoms with van der Waals surface area (Å²) in [6.07, 6.45) is 1.50. The van der Waals surface area contributed by atoms with E-state index in [-0.39, 0.29) is 11.2 Å². The zero-order valence-electron chi connectivity index (χ0n) is 10.0. The van der Waals surface area contributed by atoms with Crippen LogP contribution in [0.15, 0.2) is 29.2 Å². The largest absolute Gasteiger partial charge is 0.465 e. The fourth-order valence-corrected chi connectivity index (χ4v) is 2.38. The Bertz CT molecular complexity index is 390. The van der Waals surface area contributed by atoms with Crippen LogP contribution in [0.3, 0.4) is 0 Å². The lowest BCUT2D eigenvalue weighted by Crippen LogP contribution is -2.19. The third kappa shape index (κ3) is 4.23. The van der Waals surface area contributed by atoms with Crippen LogP contribution >= 0.6 is 11.8 Å². The Labute approximate surface area is 106 Å². The molecule has 0 aromatic heterocycles. The molecule has 0 N–H and O–H groups in total. The molecule has 92 valence electrons. The second-order valence-corrected chi connectivity index (χ2v) is 4.73. The molecule has 0 aliphatic heterocycles. The average molecular weight is 252 g/mol. The van der Waals surface area contributed by atoms with Crippen molar-refractivity contribution in [3.8, 4) is 0 Å². The van der Waals surface area contributed by atoms with Crippen molar-refractivity contribution >= 4 is 24.0 Å². The van der Waals surface area contributed by atoms with Crippen molar-refractivity contribution < 1.29 is 14.3 Å². The topological polar surface area (TPSA) is 43.4 Å². The first-order chi connectivity index (χ1) is 8.21. The van der Waals surface area contributed by atoms with Gasteiger partial charge in [-0.25, -0.2) is 0 Å². The number of ether oxygens (including phenoxy) is 1. The van der Waals surface area contributed by atoms with Crippen molar-refractivity contribution in [3.05, 3.63) is 29.8 Å². The van der Waals surface area contributed by atoms with E-state index in [9.17, 15) is 9.59 Å². The predicted octanol–water partition coefficient (Wildman–Crippen LogP) is 2.93. The Balaban J connectivity index is 2.72. The molecular weight excluding hydrogens is 236 g/mol. The summed E-state index contributed by atoms with van der Waals surface area (Å²) < 4.78 is 4.99. The fraction of sp³-hybridized carbons (Fsp3) is 0.385. The lowest BCUT2D eigenvalue weighted by Gasteiger charge is -2.13. The van der Waals surface area contributed by atoms with Gasteiger partial charge in [0.1, 0.15) is 11.5 Å². The third-order valence-electron chi connectivity index (χ3n) is 2.19. The van der Waals surface area contributed by atoms with E-state index in [1.165, 1.54) is 11.8 Å². The van der Waals surface area contributed by atoms with Gasteiger partial charge in [0.05, 0.1) is 6.61 Å². The molecule has 0 bridgehead atoms. The maximum Gasteiger partial charge on any atom is 0.319 e. The standard InChI is InChI=1S/C13H16O3S/c1-3-12(13(15)16-4-2)17-11-7-5-6-10(8-11)9-14/h5-9,12H,3-4H2,1-2H3. The van der Waals surface area contributed by atoms with Gasteiger partial charge in [0.25, 0.3) is 0 Å². The molecule has 0 aliphatic carbocycles. The number of aldehydes is 1. The molecule has 1 rings (SSSR count). The second-order valence-electron chi connectivity index (χ2n) is 3.46. The number of rotatable bonds is 6. The molecule has 1 atom stereocenters. The van der Waals surface area contributed by atoms with Crippen molar-refractivity contribution in [3.63, 3.8) is 0 Å². The number of thioether (sulfide) groups is 1. The molecule has 0 spiro atoms. The Morgan fingerprint density at radius 1 is 1.47 bits per heavy atom. The molecular formula is C13H16O3S. The molecule has 0 aliphatic rings. The van der Waals surface area contributed by atoms with Gasteiger partial charge in [0.15, 0.2) is 0 Å². The fourth-order valence-electron chi connectivity index (χ4n) is 1.36. The lowest BCUT2D eigenvalue weighted by molar-refractivity contribution is -0.142. The van der Waals surface area contributed by atoms with Gasteiger partial charge >= 0.3 is 5.97 Å². The third-order valence-corrected chi connectivity index (χ3v) is 3.53. The van der Waals surface area contributed by atoms with Gasteiger partial charge in [-0.2, -0.15) is 0 Å². The summed E-state index contributed by atoms with van der Waals surface area (Å²) >= 11 is 1.43. The minimum Gasteiger partial charge on any atom is -0.465 e. The van der Waals surface area contributed by atoms with E-state index in [2.05, 4.69) is 0 Å². The van der Waals surface area contributed by atoms with Gasteiger partial charge in [0, 0.05) is 10.5 Å². The summed E-state index contributed by atoms with van der Waals surface area (Å²) in [5, 5.41) is -0.211. The SMILES string of the molecule is CCOC(=O)C(CC)Sc1cccc(C=O)c1. The normalized spacial score (nSPS) is 11.9. The molecule has 0 heterocycles. The van der Waals surface area contributed by atoms with Crippen LogP contribution in [0.1, 0.15) is 30.6 Å². The van der Waals surface area contributed by atoms with Crippen LogP contribution in [-0.4, -0.2) is 24.1 Å². The minimum absolute atomic E-state index is 0.198. The summed E-state index contributed by atoms with van der Waals surface area (Å²) in [6, 6.07) is 7.21. The zero-order valence-corrected chi connectivity index (χ0v) is 10.8. The van der Waals surface area contributed by atoms with Crippen LogP contribution in [0.2, 0.25) is 0 Å². The van der Waals surface area contributed by atoms with Crippen LogP contribution < -0.4 is 0 Å². The maximum atomic E-state index is 11.6. The Hall–Kier alpha value is -1.29. The van der Waals surface area contributed by atoms with E-state index in [1.807, 2.05) is 19.1 Å². The minimum atomic E-state index is -0.211. The summed E-state index contributed by atoms with van der Waals surface area (Å²) in [5.74, 6) is -0.198. The molecule has 1 aromatic carbocycles. The van der Waals surface area contributed by atoms with Gasteiger partial charge in [-0.05, 0) is 25.5 Å². The summed E-state index contributed by atoms with van der Waals surface area (Å²) in [7, 11) is 0. The van der Waals surface area contributed by atoms with E-state index in [1.54, 1.807) is 19.1 Å². The molecule has 4 heteroatoms. The summed E-state index contributed by atoms with van der Waals surface area (Å²) in [5.41, 5.74) is 0.619. The molecule has 0 saturated carbocycles. The van der Waals surface area contributed by atoms with E-state index in [0.29, 0.717) is 18.6 Å². The van der Waals surface area contributed by atoms with Crippen LogP contribution in [-0.2, 0) is 9.53 Å². The quantitative estimate of drug-likeness (QED) is 0.443. The van der Waals surface area contributed by atoms with Crippen LogP contribution in [0.4, 0.5) is 0 Å². The monoisotopic (exact) mass is 252 g/mol. The smallest absolute Gasteiger partial charge is 0.319 e. The van der Waals surface area contributed by atoms with Gasteiger partial charge in [-0.15, -0.1) is 11.8 Å². The van der Waals surface area contributed by atoms with Crippen molar-refractivity contribution in [2.45, 2.75) is 30.4 Å². The first kappa shape index (κ1) is 13.8. The molecule has 1 aromatic rings. The number of hydrogen-bond donors (Lipinski definition) is 0. The number of esters is 1. The Morgan fingerprint density at radius 2 is 2.24 bits per heavy atom. The number of carbonyl (C=O) groups excluding carboxylic acids is 2. The van der Waals surface area contributed by atoms with Crippen LogP contribution in [0.25, 0.3) is 0 Å². The van der Waals surface area contributed by atoms with Crippen LogP contribution in [0.5, 0.6) is 0 Å². The van der Waals surface area contributed by atoms with E-state index >= 15 is 0 Å².